The number of ether oxygens (including phenoxy) is 2. The molecule has 0 radical (unpaired) electrons. The lowest BCUT2D eigenvalue weighted by atomic mass is 9.96. The number of aromatic amines is 1. The lowest BCUT2D eigenvalue weighted by molar-refractivity contribution is -0.144. The number of aliphatic hydroxyl groups is 2. The van der Waals surface area contributed by atoms with E-state index in [1.165, 1.54) is 24.7 Å². The molecule has 1 unspecified atom stereocenters. The number of nitrogens with zero attached hydrogens (tertiary/aromatic N) is 3. The summed E-state index contributed by atoms with van der Waals surface area (Å²) in [7, 11) is 0. The number of aliphatic hydroxyl groups excluding tert-OH is 1. The Balaban J connectivity index is 1.79. The van der Waals surface area contributed by atoms with Crippen molar-refractivity contribution in [1.82, 2.24) is 24.6 Å². The van der Waals surface area contributed by atoms with Gasteiger partial charge in [-0.1, -0.05) is 18.3 Å². The Labute approximate surface area is 199 Å². The number of fused-ring (bicyclic) bond motifs is 1. The highest BCUT2D eigenvalue weighted by Gasteiger charge is 2.54. The number of rotatable bonds is 10. The fourth-order valence-electron chi connectivity index (χ4n) is 3.60. The predicted molar refractivity (Wildman–Crippen MR) is 124 cm³/mol. The van der Waals surface area contributed by atoms with Gasteiger partial charge in [-0.3, -0.25) is 18.7 Å². The lowest BCUT2D eigenvalue weighted by Gasteiger charge is -2.27. The maximum absolute atomic E-state index is 13.3. The fourth-order valence-corrected chi connectivity index (χ4v) is 7.21. The predicted octanol–water partition coefficient (Wildman–Crippen LogP) is 0.856. The molecule has 34 heavy (non-hydrogen) atoms. The van der Waals surface area contributed by atoms with Gasteiger partial charge in [-0.05, 0) is 27.7 Å². The first-order chi connectivity index (χ1) is 15.9. The molecule has 0 saturated carbocycles. The van der Waals surface area contributed by atoms with E-state index in [2.05, 4.69) is 20.0 Å². The summed E-state index contributed by atoms with van der Waals surface area (Å²) in [4.78, 5) is 35.0. The highest BCUT2D eigenvalue weighted by molar-refractivity contribution is 8.56. The van der Waals surface area contributed by atoms with Gasteiger partial charge >= 0.3 is 12.7 Å². The zero-order valence-electron chi connectivity index (χ0n) is 19.5. The SMILES string of the molecule is CCOC(=O)[C@@H](C)NP(=O)(OC[C@H]1O[C@@H](n2cnc3c(=O)[nH]c(C)nc32)[C@](C)(O)[C@@H]1O)SCC. The van der Waals surface area contributed by atoms with Crippen LogP contribution in [0.25, 0.3) is 11.2 Å². The molecule has 4 N–H and O–H groups in total. The molecule has 13 nitrogen and oxygen atoms in total. The Kier molecular flexibility index (Phi) is 8.23. The molecule has 1 aliphatic rings. The molecule has 0 aromatic carbocycles. The van der Waals surface area contributed by atoms with Crippen LogP contribution in [0.3, 0.4) is 0 Å². The van der Waals surface area contributed by atoms with Crippen LogP contribution in [-0.2, 0) is 23.4 Å². The van der Waals surface area contributed by atoms with E-state index in [1.54, 1.807) is 20.8 Å². The van der Waals surface area contributed by atoms with Gasteiger partial charge < -0.3 is 29.2 Å². The molecular formula is C19H30N5O8PS. The van der Waals surface area contributed by atoms with Gasteiger partial charge in [0, 0.05) is 5.75 Å². The maximum atomic E-state index is 13.3. The van der Waals surface area contributed by atoms with Gasteiger partial charge in [-0.25, -0.2) is 15.1 Å². The molecule has 2 aromatic rings. The summed E-state index contributed by atoms with van der Waals surface area (Å²) in [5, 5.41) is 24.5. The summed E-state index contributed by atoms with van der Waals surface area (Å²) < 4.78 is 31.1. The third-order valence-electron chi connectivity index (χ3n) is 5.26. The van der Waals surface area contributed by atoms with Gasteiger partial charge in [0.2, 0.25) is 0 Å². The van der Waals surface area contributed by atoms with Crippen molar-refractivity contribution in [2.75, 3.05) is 19.0 Å². The molecule has 0 amide bonds. The van der Waals surface area contributed by atoms with Crippen molar-refractivity contribution in [3.63, 3.8) is 0 Å². The van der Waals surface area contributed by atoms with E-state index in [1.807, 2.05) is 0 Å². The number of carbonyl (C=O) groups excluding carboxylic acids is 1. The normalized spacial score (nSPS) is 27.6. The third kappa shape index (κ3) is 5.38. The van der Waals surface area contributed by atoms with Gasteiger partial charge in [-0.15, -0.1) is 0 Å². The van der Waals surface area contributed by atoms with Gasteiger partial charge in [0.05, 0.1) is 19.5 Å². The minimum absolute atomic E-state index is 0.0557. The van der Waals surface area contributed by atoms with E-state index in [0.717, 1.165) is 11.4 Å². The Morgan fingerprint density at radius 3 is 2.85 bits per heavy atom. The smallest absolute Gasteiger partial charge is 0.327 e. The van der Waals surface area contributed by atoms with Crippen molar-refractivity contribution < 1.29 is 33.6 Å². The molecule has 3 heterocycles. The van der Waals surface area contributed by atoms with Crippen LogP contribution >= 0.6 is 18.1 Å². The van der Waals surface area contributed by atoms with Crippen molar-refractivity contribution in [2.24, 2.45) is 0 Å². The standard InChI is InChI=1S/C19H30N5O8PS/c1-6-30-17(27)10(3)23-33(29,34-7-2)31-8-12-14(25)19(5,28)18(32-12)24-9-20-13-15(24)21-11(4)22-16(13)26/h9-10,12,14,18,25,28H,6-8H2,1-5H3,(H,23,29)(H,21,22,26)/t10-,12-,14-,18-,19-,33?/m1/s1. The molecule has 3 rings (SSSR count). The number of esters is 1. The zero-order valence-corrected chi connectivity index (χ0v) is 21.3. The van der Waals surface area contributed by atoms with E-state index in [-0.39, 0.29) is 24.4 Å². The van der Waals surface area contributed by atoms with Crippen molar-refractivity contribution in [2.45, 2.75) is 64.7 Å². The van der Waals surface area contributed by atoms with Crippen LogP contribution in [0.2, 0.25) is 0 Å². The first-order valence-electron chi connectivity index (χ1n) is 10.8. The number of imidazole rings is 1. The van der Waals surface area contributed by atoms with Crippen LogP contribution in [0.15, 0.2) is 11.1 Å². The zero-order chi connectivity index (χ0) is 25.3. The molecule has 0 aliphatic carbocycles. The van der Waals surface area contributed by atoms with E-state index < -0.39 is 48.3 Å². The van der Waals surface area contributed by atoms with Crippen LogP contribution in [0.4, 0.5) is 0 Å². The van der Waals surface area contributed by atoms with Gasteiger partial charge in [0.15, 0.2) is 17.4 Å². The van der Waals surface area contributed by atoms with Crippen LogP contribution < -0.4 is 10.6 Å². The molecule has 6 atom stereocenters. The Bertz CT molecular complexity index is 1140. The quantitative estimate of drug-likeness (QED) is 0.257. The summed E-state index contributed by atoms with van der Waals surface area (Å²) in [6.07, 6.45) is -2.37. The highest BCUT2D eigenvalue weighted by atomic mass is 32.7. The van der Waals surface area contributed by atoms with Gasteiger partial charge in [0.25, 0.3) is 5.56 Å². The second-order valence-electron chi connectivity index (χ2n) is 7.99. The molecule has 0 bridgehead atoms. The number of H-pyrrole nitrogens is 1. The van der Waals surface area contributed by atoms with Crippen LogP contribution in [0, 0.1) is 6.92 Å². The van der Waals surface area contributed by atoms with Crippen molar-refractivity contribution in [3.8, 4) is 0 Å². The second-order valence-corrected chi connectivity index (χ2v) is 12.6. The number of carbonyl (C=O) groups is 1. The Morgan fingerprint density at radius 1 is 1.50 bits per heavy atom. The molecule has 1 saturated heterocycles. The summed E-state index contributed by atoms with van der Waals surface area (Å²) >= 11 is 0.982. The highest BCUT2D eigenvalue weighted by Crippen LogP contribution is 2.56. The van der Waals surface area contributed by atoms with E-state index in [9.17, 15) is 24.4 Å². The number of nitrogens with one attached hydrogen (secondary N) is 2. The minimum Gasteiger partial charge on any atom is -0.465 e. The van der Waals surface area contributed by atoms with E-state index in [0.29, 0.717) is 11.6 Å². The summed E-state index contributed by atoms with van der Waals surface area (Å²) in [6, 6.07) is -0.889. The lowest BCUT2D eigenvalue weighted by Crippen LogP contribution is -2.44. The van der Waals surface area contributed by atoms with Crippen molar-refractivity contribution in [3.05, 3.63) is 22.5 Å². The number of hydrogen-bond donors (Lipinski definition) is 4. The average Bonchev–Trinajstić information content (AvgIpc) is 3.26. The van der Waals surface area contributed by atoms with Crippen molar-refractivity contribution in [1.29, 1.82) is 0 Å². The largest absolute Gasteiger partial charge is 0.465 e. The molecule has 0 spiro atoms. The molecule has 15 heteroatoms. The Hall–Kier alpha value is -1.80. The molecule has 1 fully saturated rings. The summed E-state index contributed by atoms with van der Waals surface area (Å²) in [6.45, 7) is 4.17. The molecule has 2 aromatic heterocycles. The van der Waals surface area contributed by atoms with Crippen molar-refractivity contribution >= 4 is 35.2 Å². The maximum Gasteiger partial charge on any atom is 0.327 e. The first kappa shape index (κ1) is 26.8. The minimum atomic E-state index is -3.59. The summed E-state index contributed by atoms with van der Waals surface area (Å²) in [5.74, 6) is 0.194. The number of aromatic nitrogens is 4. The Morgan fingerprint density at radius 2 is 2.21 bits per heavy atom. The van der Waals surface area contributed by atoms with Gasteiger partial charge in [0.1, 0.15) is 29.7 Å². The average molecular weight is 520 g/mol. The number of hydrogen-bond acceptors (Lipinski definition) is 11. The third-order valence-corrected chi connectivity index (χ3v) is 9.48. The second kappa shape index (κ2) is 10.4. The molecule has 190 valence electrons. The topological polar surface area (TPSA) is 178 Å². The fraction of sp³-hybridized carbons (Fsp3) is 0.684. The van der Waals surface area contributed by atoms with Crippen LogP contribution in [0.5, 0.6) is 0 Å². The molecule has 1 aliphatic heterocycles. The van der Waals surface area contributed by atoms with Gasteiger partial charge in [-0.2, -0.15) is 0 Å². The van der Waals surface area contributed by atoms with Crippen LogP contribution in [0.1, 0.15) is 39.7 Å². The first-order valence-corrected chi connectivity index (χ1v) is 14.0. The molecular weight excluding hydrogens is 489 g/mol. The van der Waals surface area contributed by atoms with E-state index in [4.69, 9.17) is 14.0 Å². The summed E-state index contributed by atoms with van der Waals surface area (Å²) in [5.41, 5.74) is -2.02. The van der Waals surface area contributed by atoms with E-state index >= 15 is 0 Å². The number of aryl methyl sites for hydroxylation is 1. The van der Waals surface area contributed by atoms with Crippen LogP contribution in [-0.4, -0.2) is 78.5 Å². The monoisotopic (exact) mass is 519 g/mol.